The number of benzene rings is 1. The summed E-state index contributed by atoms with van der Waals surface area (Å²) in [6.07, 6.45) is 0.155. The Hall–Kier alpha value is -0.750. The van der Waals surface area contributed by atoms with Crippen LogP contribution in [0.4, 0.5) is 0 Å². The van der Waals surface area contributed by atoms with Gasteiger partial charge in [0, 0.05) is 0 Å². The number of aromatic hydroxyl groups is 1. The summed E-state index contributed by atoms with van der Waals surface area (Å²) in [6, 6.07) is 1.71. The molecule has 0 aliphatic carbocycles. The maximum atomic E-state index is 9.89. The van der Waals surface area contributed by atoms with Crippen molar-refractivity contribution in [3.63, 3.8) is 0 Å². The van der Waals surface area contributed by atoms with Gasteiger partial charge < -0.3 is 14.3 Å². The zero-order chi connectivity index (χ0) is 13.4. The highest BCUT2D eigenvalue weighted by molar-refractivity contribution is 9.11. The Labute approximate surface area is 122 Å². The minimum Gasteiger partial charge on any atom is -0.504 e. The number of ether oxygens (including phenoxy) is 1. The summed E-state index contributed by atoms with van der Waals surface area (Å²) in [7, 11) is 0. The zero-order valence-electron chi connectivity index (χ0n) is 10.2. The highest BCUT2D eigenvalue weighted by Gasteiger charge is 2.19. The summed E-state index contributed by atoms with van der Waals surface area (Å²) in [5, 5.41) is 9.89. The lowest BCUT2D eigenvalue weighted by Crippen LogP contribution is -2.18. The molecular weight excluding hydrogens is 366 g/mol. The molecule has 2 aromatic rings. The summed E-state index contributed by atoms with van der Waals surface area (Å²) in [5.41, 5.74) is 0.851. The lowest BCUT2D eigenvalue weighted by atomic mass is 10.1. The maximum Gasteiger partial charge on any atom is 0.395 e. The topological polar surface area (TPSA) is 55.5 Å². The summed E-state index contributed by atoms with van der Waals surface area (Å²) in [4.78, 5) is 4.16. The van der Waals surface area contributed by atoms with Crippen molar-refractivity contribution in [3.05, 3.63) is 15.0 Å². The first-order valence-electron chi connectivity index (χ1n) is 5.54. The average molecular weight is 379 g/mol. The smallest absolute Gasteiger partial charge is 0.395 e. The molecule has 0 spiro atoms. The van der Waals surface area contributed by atoms with Crippen LogP contribution in [0, 0.1) is 5.92 Å². The molecule has 18 heavy (non-hydrogen) atoms. The normalized spacial score (nSPS) is 13.2. The Kier molecular flexibility index (Phi) is 3.87. The van der Waals surface area contributed by atoms with Crippen LogP contribution in [0.5, 0.6) is 11.8 Å². The molecule has 0 fully saturated rings. The van der Waals surface area contributed by atoms with Crippen LogP contribution >= 0.6 is 31.9 Å². The molecule has 0 radical (unpaired) electrons. The summed E-state index contributed by atoms with van der Waals surface area (Å²) in [6.45, 7) is 6.05. The van der Waals surface area contributed by atoms with Gasteiger partial charge in [-0.2, -0.15) is 4.98 Å². The number of phenols is 1. The van der Waals surface area contributed by atoms with Gasteiger partial charge in [0.15, 0.2) is 16.8 Å². The van der Waals surface area contributed by atoms with Crippen molar-refractivity contribution >= 4 is 43.0 Å². The molecule has 0 aliphatic rings. The van der Waals surface area contributed by atoms with Gasteiger partial charge in [-0.1, -0.05) is 13.8 Å². The van der Waals surface area contributed by atoms with Gasteiger partial charge in [-0.15, -0.1) is 0 Å². The molecule has 1 aromatic carbocycles. The molecular formula is C12H13Br2NO3. The molecule has 0 bridgehead atoms. The van der Waals surface area contributed by atoms with Crippen LogP contribution in [0.3, 0.4) is 0 Å². The average Bonchev–Trinajstić information content (AvgIpc) is 2.70. The number of phenolic OH excluding ortho intramolecular Hbond substituents is 1. The van der Waals surface area contributed by atoms with E-state index in [2.05, 4.69) is 50.7 Å². The third kappa shape index (κ3) is 2.49. The van der Waals surface area contributed by atoms with E-state index in [9.17, 15) is 5.11 Å². The van der Waals surface area contributed by atoms with Gasteiger partial charge in [0.1, 0.15) is 6.10 Å². The number of hydrogen-bond acceptors (Lipinski definition) is 4. The molecule has 1 N–H and O–H groups in total. The van der Waals surface area contributed by atoms with Crippen molar-refractivity contribution in [3.8, 4) is 11.8 Å². The first-order chi connectivity index (χ1) is 8.40. The van der Waals surface area contributed by atoms with Gasteiger partial charge in [0.2, 0.25) is 0 Å². The Morgan fingerprint density at radius 1 is 1.28 bits per heavy atom. The van der Waals surface area contributed by atoms with Crippen molar-refractivity contribution in [2.24, 2.45) is 5.92 Å². The fourth-order valence-corrected chi connectivity index (χ4v) is 2.55. The van der Waals surface area contributed by atoms with Gasteiger partial charge in [0.05, 0.1) is 8.95 Å². The van der Waals surface area contributed by atoms with E-state index in [0.717, 1.165) is 0 Å². The maximum absolute atomic E-state index is 9.89. The minimum absolute atomic E-state index is 0.0116. The standard InChI is InChI=1S/C12H13Br2NO3/c1-5(2)6(3)17-12-15-9-10(16)7(13)4-8(14)11(9)18-12/h4-6,16H,1-3H3. The van der Waals surface area contributed by atoms with Gasteiger partial charge >= 0.3 is 6.08 Å². The molecule has 4 nitrogen and oxygen atoms in total. The van der Waals surface area contributed by atoms with Gasteiger partial charge in [-0.25, -0.2) is 0 Å². The number of fused-ring (bicyclic) bond motifs is 1. The van der Waals surface area contributed by atoms with Crippen molar-refractivity contribution in [1.82, 2.24) is 4.98 Å². The monoisotopic (exact) mass is 377 g/mol. The quantitative estimate of drug-likeness (QED) is 0.855. The molecule has 0 aliphatic heterocycles. The van der Waals surface area contributed by atoms with Crippen LogP contribution < -0.4 is 4.74 Å². The van der Waals surface area contributed by atoms with Crippen LogP contribution in [0.1, 0.15) is 20.8 Å². The predicted molar refractivity (Wildman–Crippen MR) is 76.0 cm³/mol. The van der Waals surface area contributed by atoms with E-state index in [0.29, 0.717) is 26.0 Å². The van der Waals surface area contributed by atoms with E-state index >= 15 is 0 Å². The molecule has 2 rings (SSSR count). The Morgan fingerprint density at radius 2 is 1.94 bits per heavy atom. The van der Waals surface area contributed by atoms with Crippen LogP contribution in [-0.4, -0.2) is 16.2 Å². The number of hydrogen-bond donors (Lipinski definition) is 1. The SMILES string of the molecule is CC(C)C(C)Oc1nc2c(O)c(Br)cc(Br)c2o1. The molecule has 98 valence electrons. The number of rotatable bonds is 3. The molecule has 0 saturated heterocycles. The van der Waals surface area contributed by atoms with Gasteiger partial charge in [0.25, 0.3) is 0 Å². The summed E-state index contributed by atoms with van der Waals surface area (Å²) in [5.74, 6) is 0.396. The highest BCUT2D eigenvalue weighted by Crippen LogP contribution is 2.39. The van der Waals surface area contributed by atoms with E-state index in [1.165, 1.54) is 0 Å². The predicted octanol–water partition coefficient (Wildman–Crippen LogP) is 4.48. The molecule has 0 saturated carbocycles. The van der Waals surface area contributed by atoms with Gasteiger partial charge in [-0.05, 0) is 50.8 Å². The lowest BCUT2D eigenvalue weighted by molar-refractivity contribution is 0.126. The van der Waals surface area contributed by atoms with Crippen LogP contribution in [-0.2, 0) is 0 Å². The fraction of sp³-hybridized carbons (Fsp3) is 0.417. The van der Waals surface area contributed by atoms with Crippen molar-refractivity contribution in [1.29, 1.82) is 0 Å². The second-order valence-electron chi connectivity index (χ2n) is 4.41. The molecule has 1 aromatic heterocycles. The van der Waals surface area contributed by atoms with Crippen LogP contribution in [0.15, 0.2) is 19.4 Å². The van der Waals surface area contributed by atoms with Gasteiger partial charge in [-0.3, -0.25) is 0 Å². The van der Waals surface area contributed by atoms with E-state index in [1.54, 1.807) is 6.07 Å². The first kappa shape index (κ1) is 13.7. The minimum atomic E-state index is -0.0116. The number of nitrogens with zero attached hydrogens (tertiary/aromatic N) is 1. The second-order valence-corrected chi connectivity index (χ2v) is 6.12. The Bertz CT molecular complexity index is 580. The highest BCUT2D eigenvalue weighted by atomic mass is 79.9. The van der Waals surface area contributed by atoms with Crippen molar-refractivity contribution in [2.75, 3.05) is 0 Å². The summed E-state index contributed by atoms with van der Waals surface area (Å²) < 4.78 is 12.3. The largest absolute Gasteiger partial charge is 0.504 e. The van der Waals surface area contributed by atoms with E-state index < -0.39 is 0 Å². The number of oxazole rings is 1. The van der Waals surface area contributed by atoms with Crippen molar-refractivity contribution in [2.45, 2.75) is 26.9 Å². The molecule has 1 atom stereocenters. The third-order valence-electron chi connectivity index (χ3n) is 2.75. The fourth-order valence-electron chi connectivity index (χ4n) is 1.33. The Balaban J connectivity index is 2.44. The number of aromatic nitrogens is 1. The second kappa shape index (κ2) is 5.09. The third-order valence-corrected chi connectivity index (χ3v) is 3.95. The van der Waals surface area contributed by atoms with Crippen LogP contribution in [0.2, 0.25) is 0 Å². The van der Waals surface area contributed by atoms with E-state index in [-0.39, 0.29) is 17.9 Å². The summed E-state index contributed by atoms with van der Waals surface area (Å²) >= 11 is 6.61. The lowest BCUT2D eigenvalue weighted by Gasteiger charge is -2.14. The van der Waals surface area contributed by atoms with Crippen LogP contribution in [0.25, 0.3) is 11.1 Å². The number of halogens is 2. The molecule has 6 heteroatoms. The Morgan fingerprint density at radius 3 is 2.56 bits per heavy atom. The molecule has 0 amide bonds. The van der Waals surface area contributed by atoms with E-state index in [1.807, 2.05) is 6.92 Å². The van der Waals surface area contributed by atoms with E-state index in [4.69, 9.17) is 9.15 Å². The van der Waals surface area contributed by atoms with Crippen molar-refractivity contribution < 1.29 is 14.3 Å². The first-order valence-corrected chi connectivity index (χ1v) is 7.13. The molecule has 1 heterocycles. The molecule has 1 unspecified atom stereocenters. The zero-order valence-corrected chi connectivity index (χ0v) is 13.4.